The number of cyclic esters (lactones) is 1. The van der Waals surface area contributed by atoms with Gasteiger partial charge in [0.1, 0.15) is 18.0 Å². The molecule has 0 spiro atoms. The first-order valence-corrected chi connectivity index (χ1v) is 7.40. The van der Waals surface area contributed by atoms with Crippen LogP contribution in [-0.4, -0.2) is 29.2 Å². The van der Waals surface area contributed by atoms with Crippen LogP contribution in [0.3, 0.4) is 0 Å². The lowest BCUT2D eigenvalue weighted by atomic mass is 10.1. The van der Waals surface area contributed by atoms with Crippen molar-refractivity contribution in [2.24, 2.45) is 5.73 Å². The molecule has 2 aliphatic heterocycles. The normalized spacial score (nSPS) is 18.2. The quantitative estimate of drug-likeness (QED) is 0.862. The monoisotopic (exact) mass is 345 g/mol. The SMILES string of the molecule is NC(=O)[C@H]1CN(c2cc(F)c3c(c2)OCc2cc(=O)ccn2-3)C(=O)O1. The molecule has 2 aromatic rings. The van der Waals surface area contributed by atoms with Gasteiger partial charge >= 0.3 is 6.09 Å². The zero-order valence-corrected chi connectivity index (χ0v) is 12.8. The van der Waals surface area contributed by atoms with Gasteiger partial charge in [-0.25, -0.2) is 9.18 Å². The maximum Gasteiger partial charge on any atom is 0.415 e. The first-order chi connectivity index (χ1) is 11.9. The Bertz CT molecular complexity index is 971. The molecule has 0 saturated carbocycles. The molecule has 4 rings (SSSR count). The van der Waals surface area contributed by atoms with E-state index in [-0.39, 0.29) is 35.7 Å². The highest BCUT2D eigenvalue weighted by Gasteiger charge is 2.37. The number of aromatic nitrogens is 1. The Morgan fingerprint density at radius 1 is 1.28 bits per heavy atom. The standard InChI is InChI=1S/C16H12FN3O5/c17-11-4-8(20-6-13(15(18)22)25-16(20)23)5-12-14(11)19-2-1-10(21)3-9(19)7-24-12/h1-5,13H,6-7H2,(H2,18,22)/t13-/m1/s1. The molecule has 1 aromatic heterocycles. The van der Waals surface area contributed by atoms with E-state index in [1.54, 1.807) is 0 Å². The lowest BCUT2D eigenvalue weighted by molar-refractivity contribution is -0.124. The zero-order chi connectivity index (χ0) is 17.7. The highest BCUT2D eigenvalue weighted by atomic mass is 19.1. The van der Waals surface area contributed by atoms with Crippen molar-refractivity contribution in [2.75, 3.05) is 11.4 Å². The number of pyridine rings is 1. The maximum absolute atomic E-state index is 14.7. The molecule has 1 fully saturated rings. The number of carbonyl (C=O) groups excluding carboxylic acids is 2. The minimum absolute atomic E-state index is 0.0837. The predicted molar refractivity (Wildman–Crippen MR) is 83.1 cm³/mol. The Morgan fingerprint density at radius 2 is 2.08 bits per heavy atom. The van der Waals surface area contributed by atoms with E-state index in [9.17, 15) is 18.8 Å². The second-order valence-corrected chi connectivity index (χ2v) is 5.67. The first kappa shape index (κ1) is 15.2. The number of benzene rings is 1. The van der Waals surface area contributed by atoms with E-state index >= 15 is 0 Å². The highest BCUT2D eigenvalue weighted by molar-refractivity contribution is 5.95. The van der Waals surface area contributed by atoms with E-state index in [0.717, 1.165) is 11.0 Å². The molecule has 2 amide bonds. The average molecular weight is 345 g/mol. The van der Waals surface area contributed by atoms with E-state index in [1.165, 1.54) is 29.0 Å². The lowest BCUT2D eigenvalue weighted by Gasteiger charge is -2.25. The minimum Gasteiger partial charge on any atom is -0.485 e. The topological polar surface area (TPSA) is 104 Å². The summed E-state index contributed by atoms with van der Waals surface area (Å²) in [6.45, 7) is -0.0179. The van der Waals surface area contributed by atoms with Crippen LogP contribution in [0.15, 0.2) is 35.3 Å². The molecular weight excluding hydrogens is 333 g/mol. The van der Waals surface area contributed by atoms with Gasteiger partial charge in [-0.2, -0.15) is 0 Å². The summed E-state index contributed by atoms with van der Waals surface area (Å²) in [6, 6.07) is 5.30. The smallest absolute Gasteiger partial charge is 0.415 e. The maximum atomic E-state index is 14.7. The number of anilines is 1. The lowest BCUT2D eigenvalue weighted by Crippen LogP contribution is -2.32. The summed E-state index contributed by atoms with van der Waals surface area (Å²) in [5, 5.41) is 0. The molecule has 128 valence electrons. The number of fused-ring (bicyclic) bond motifs is 3. The summed E-state index contributed by atoms with van der Waals surface area (Å²) in [5.74, 6) is -1.21. The number of nitrogens with zero attached hydrogens (tertiary/aromatic N) is 2. The van der Waals surface area contributed by atoms with Crippen LogP contribution in [0.4, 0.5) is 14.9 Å². The molecule has 25 heavy (non-hydrogen) atoms. The highest BCUT2D eigenvalue weighted by Crippen LogP contribution is 2.36. The van der Waals surface area contributed by atoms with Crippen molar-refractivity contribution < 1.29 is 23.5 Å². The number of carbonyl (C=O) groups is 2. The van der Waals surface area contributed by atoms with Crippen molar-refractivity contribution in [3.63, 3.8) is 0 Å². The van der Waals surface area contributed by atoms with E-state index in [0.29, 0.717) is 5.69 Å². The Labute approximate surface area is 140 Å². The van der Waals surface area contributed by atoms with Crippen LogP contribution in [0.5, 0.6) is 5.75 Å². The van der Waals surface area contributed by atoms with E-state index in [4.69, 9.17) is 15.2 Å². The molecule has 2 N–H and O–H groups in total. The van der Waals surface area contributed by atoms with E-state index in [2.05, 4.69) is 0 Å². The van der Waals surface area contributed by atoms with Gasteiger partial charge in [-0.1, -0.05) is 0 Å². The van der Waals surface area contributed by atoms with Gasteiger partial charge in [0, 0.05) is 30.5 Å². The van der Waals surface area contributed by atoms with Gasteiger partial charge in [0.05, 0.1) is 17.9 Å². The third-order valence-electron chi connectivity index (χ3n) is 4.08. The first-order valence-electron chi connectivity index (χ1n) is 7.40. The second-order valence-electron chi connectivity index (χ2n) is 5.67. The molecule has 0 bridgehead atoms. The molecule has 0 aliphatic carbocycles. The fourth-order valence-electron chi connectivity index (χ4n) is 2.89. The summed E-state index contributed by atoms with van der Waals surface area (Å²) in [6.07, 6.45) is -0.407. The Morgan fingerprint density at radius 3 is 2.80 bits per heavy atom. The summed E-state index contributed by atoms with van der Waals surface area (Å²) >= 11 is 0. The average Bonchev–Trinajstić information content (AvgIpc) is 2.96. The number of rotatable bonds is 2. The molecule has 1 atom stereocenters. The summed E-state index contributed by atoms with van der Waals surface area (Å²) in [4.78, 5) is 35.6. The summed E-state index contributed by atoms with van der Waals surface area (Å²) < 4.78 is 26.6. The molecule has 1 aromatic carbocycles. The van der Waals surface area contributed by atoms with E-state index in [1.807, 2.05) is 0 Å². The van der Waals surface area contributed by atoms with Gasteiger partial charge in [0.15, 0.2) is 17.3 Å². The van der Waals surface area contributed by atoms with Gasteiger partial charge in [-0.15, -0.1) is 0 Å². The van der Waals surface area contributed by atoms with Gasteiger partial charge in [-0.05, 0) is 0 Å². The van der Waals surface area contributed by atoms with Crippen LogP contribution < -0.4 is 20.8 Å². The van der Waals surface area contributed by atoms with E-state index < -0.39 is 23.9 Å². The van der Waals surface area contributed by atoms with Crippen molar-refractivity contribution in [1.82, 2.24) is 4.57 Å². The predicted octanol–water partition coefficient (Wildman–Crippen LogP) is 0.679. The third kappa shape index (κ3) is 2.40. The van der Waals surface area contributed by atoms with Crippen molar-refractivity contribution in [2.45, 2.75) is 12.7 Å². The summed E-state index contributed by atoms with van der Waals surface area (Å²) in [7, 11) is 0. The van der Waals surface area contributed by atoms with Gasteiger partial charge < -0.3 is 19.8 Å². The molecular formula is C16H12FN3O5. The Kier molecular flexibility index (Phi) is 3.24. The molecule has 0 unspecified atom stereocenters. The largest absolute Gasteiger partial charge is 0.485 e. The molecule has 1 saturated heterocycles. The van der Waals surface area contributed by atoms with Crippen molar-refractivity contribution in [3.05, 3.63) is 52.2 Å². The fraction of sp³-hybridized carbons (Fsp3) is 0.188. The number of nitrogens with two attached hydrogens (primary N) is 1. The third-order valence-corrected chi connectivity index (χ3v) is 4.08. The Balaban J connectivity index is 1.77. The molecule has 8 nitrogen and oxygen atoms in total. The van der Waals surface area contributed by atoms with Gasteiger partial charge in [0.25, 0.3) is 5.91 Å². The zero-order valence-electron chi connectivity index (χ0n) is 12.8. The van der Waals surface area contributed by atoms with Crippen LogP contribution in [0.25, 0.3) is 5.69 Å². The number of ether oxygens (including phenoxy) is 2. The fourth-order valence-corrected chi connectivity index (χ4v) is 2.89. The van der Waals surface area contributed by atoms with Crippen molar-refractivity contribution in [1.29, 1.82) is 0 Å². The number of primary amides is 1. The van der Waals surface area contributed by atoms with Crippen molar-refractivity contribution >= 4 is 17.7 Å². The van der Waals surface area contributed by atoms with Crippen LogP contribution in [-0.2, 0) is 16.1 Å². The number of hydrogen-bond donors (Lipinski definition) is 1. The van der Waals surface area contributed by atoms with Gasteiger partial charge in [0.2, 0.25) is 0 Å². The Hall–Kier alpha value is -3.36. The van der Waals surface area contributed by atoms with Crippen LogP contribution in [0.2, 0.25) is 0 Å². The molecule has 2 aliphatic rings. The number of amides is 2. The number of halogens is 1. The van der Waals surface area contributed by atoms with Crippen LogP contribution >= 0.6 is 0 Å². The van der Waals surface area contributed by atoms with Gasteiger partial charge in [-0.3, -0.25) is 14.5 Å². The molecule has 3 heterocycles. The minimum atomic E-state index is -1.09. The van der Waals surface area contributed by atoms with Crippen LogP contribution in [0, 0.1) is 5.82 Å². The summed E-state index contributed by atoms with van der Waals surface area (Å²) in [5.41, 5.74) is 5.78. The molecule has 0 radical (unpaired) electrons. The second kappa shape index (κ2) is 5.33. The van der Waals surface area contributed by atoms with Crippen molar-refractivity contribution in [3.8, 4) is 11.4 Å². The molecule has 9 heteroatoms. The number of hydrogen-bond acceptors (Lipinski definition) is 5. The van der Waals surface area contributed by atoms with Crippen LogP contribution in [0.1, 0.15) is 5.69 Å².